The molecular weight excluding hydrogens is 154 g/mol. The van der Waals surface area contributed by atoms with E-state index >= 15 is 0 Å². The zero-order valence-corrected chi connectivity index (χ0v) is 7.37. The molecule has 0 amide bonds. The number of nitrogens with zero attached hydrogens (tertiary/aromatic N) is 2. The average Bonchev–Trinajstić information content (AvgIpc) is 2.04. The Morgan fingerprint density at radius 1 is 1.50 bits per heavy atom. The zero-order valence-electron chi connectivity index (χ0n) is 7.37. The molecule has 4 heteroatoms. The van der Waals surface area contributed by atoms with E-state index in [4.69, 9.17) is 10.5 Å². The Hall–Kier alpha value is -1.16. The third kappa shape index (κ3) is 2.17. The van der Waals surface area contributed by atoms with Gasteiger partial charge in [-0.2, -0.15) is 0 Å². The first-order valence-electron chi connectivity index (χ1n) is 3.87. The predicted molar refractivity (Wildman–Crippen MR) is 46.5 cm³/mol. The van der Waals surface area contributed by atoms with Crippen molar-refractivity contribution in [1.82, 2.24) is 9.97 Å². The van der Waals surface area contributed by atoms with Crippen molar-refractivity contribution >= 4 is 5.82 Å². The first kappa shape index (κ1) is 8.93. The highest BCUT2D eigenvalue weighted by Crippen LogP contribution is 2.04. The van der Waals surface area contributed by atoms with Gasteiger partial charge < -0.3 is 10.5 Å². The molecule has 0 unspecified atom stereocenters. The van der Waals surface area contributed by atoms with E-state index in [-0.39, 0.29) is 0 Å². The lowest BCUT2D eigenvalue weighted by Crippen LogP contribution is -2.03. The molecule has 0 atom stereocenters. The molecule has 0 aromatic carbocycles. The Balaban J connectivity index is 2.90. The Bertz CT molecular complexity index is 262. The molecule has 0 bridgehead atoms. The van der Waals surface area contributed by atoms with Crippen LogP contribution in [-0.2, 0) is 17.8 Å². The maximum absolute atomic E-state index is 5.56. The number of hydrogen-bond donors (Lipinski definition) is 1. The minimum absolute atomic E-state index is 0.415. The third-order valence-electron chi connectivity index (χ3n) is 1.48. The van der Waals surface area contributed by atoms with Crippen molar-refractivity contribution in [1.29, 1.82) is 0 Å². The Labute approximate surface area is 71.8 Å². The summed E-state index contributed by atoms with van der Waals surface area (Å²) in [4.78, 5) is 8.24. The van der Waals surface area contributed by atoms with Gasteiger partial charge in [0.05, 0.1) is 0 Å². The summed E-state index contributed by atoms with van der Waals surface area (Å²) in [5.74, 6) is 1.16. The number of hydrogen-bond acceptors (Lipinski definition) is 4. The Morgan fingerprint density at radius 3 is 2.83 bits per heavy atom. The van der Waals surface area contributed by atoms with Crippen LogP contribution < -0.4 is 5.73 Å². The van der Waals surface area contributed by atoms with Gasteiger partial charge >= 0.3 is 0 Å². The van der Waals surface area contributed by atoms with Crippen LogP contribution in [-0.4, -0.2) is 17.1 Å². The van der Waals surface area contributed by atoms with E-state index < -0.39 is 0 Å². The summed E-state index contributed by atoms with van der Waals surface area (Å²) in [7, 11) is 1.61. The van der Waals surface area contributed by atoms with Gasteiger partial charge in [0.1, 0.15) is 12.4 Å². The van der Waals surface area contributed by atoms with Crippen LogP contribution in [0.2, 0.25) is 0 Å². The van der Waals surface area contributed by atoms with E-state index in [1.54, 1.807) is 13.2 Å². The fourth-order valence-corrected chi connectivity index (χ4v) is 0.950. The molecule has 0 saturated heterocycles. The molecule has 0 saturated carbocycles. The van der Waals surface area contributed by atoms with Crippen LogP contribution in [0, 0.1) is 0 Å². The molecule has 0 aliphatic rings. The molecule has 1 heterocycles. The Kier molecular flexibility index (Phi) is 2.99. The summed E-state index contributed by atoms with van der Waals surface area (Å²) >= 11 is 0. The molecule has 0 aliphatic heterocycles. The van der Waals surface area contributed by atoms with Crippen molar-refractivity contribution in [3.05, 3.63) is 17.6 Å². The second-order valence-electron chi connectivity index (χ2n) is 2.49. The average molecular weight is 167 g/mol. The van der Waals surface area contributed by atoms with E-state index in [9.17, 15) is 0 Å². The van der Waals surface area contributed by atoms with Crippen molar-refractivity contribution in [2.75, 3.05) is 12.8 Å². The largest absolute Gasteiger partial charge is 0.384 e. The van der Waals surface area contributed by atoms with Gasteiger partial charge in [-0.15, -0.1) is 0 Å². The number of aryl methyl sites for hydroxylation is 1. The lowest BCUT2D eigenvalue weighted by Gasteiger charge is -2.02. The van der Waals surface area contributed by atoms with E-state index in [0.29, 0.717) is 18.2 Å². The molecule has 1 aromatic rings. The van der Waals surface area contributed by atoms with E-state index in [0.717, 1.165) is 12.1 Å². The second-order valence-corrected chi connectivity index (χ2v) is 2.49. The SMILES string of the molecule is CCc1cc(N)nc(COC)n1. The minimum atomic E-state index is 0.415. The summed E-state index contributed by atoms with van der Waals surface area (Å²) in [5.41, 5.74) is 6.51. The van der Waals surface area contributed by atoms with Gasteiger partial charge in [0, 0.05) is 18.9 Å². The van der Waals surface area contributed by atoms with Crippen LogP contribution in [0.1, 0.15) is 18.4 Å². The van der Waals surface area contributed by atoms with Crippen molar-refractivity contribution in [3.8, 4) is 0 Å². The highest BCUT2D eigenvalue weighted by Gasteiger charge is 1.99. The zero-order chi connectivity index (χ0) is 8.97. The van der Waals surface area contributed by atoms with Gasteiger partial charge in [-0.3, -0.25) is 0 Å². The van der Waals surface area contributed by atoms with Crippen LogP contribution in [0.15, 0.2) is 6.07 Å². The van der Waals surface area contributed by atoms with E-state index in [1.807, 2.05) is 6.92 Å². The van der Waals surface area contributed by atoms with Gasteiger partial charge in [0.25, 0.3) is 0 Å². The van der Waals surface area contributed by atoms with Gasteiger partial charge in [-0.05, 0) is 6.42 Å². The highest BCUT2D eigenvalue weighted by molar-refractivity contribution is 5.29. The Morgan fingerprint density at radius 2 is 2.25 bits per heavy atom. The molecule has 66 valence electrons. The lowest BCUT2D eigenvalue weighted by molar-refractivity contribution is 0.177. The normalized spacial score (nSPS) is 10.2. The summed E-state index contributed by atoms with van der Waals surface area (Å²) in [6.45, 7) is 2.44. The maximum Gasteiger partial charge on any atom is 0.156 e. The van der Waals surface area contributed by atoms with Crippen molar-refractivity contribution in [2.24, 2.45) is 0 Å². The number of methoxy groups -OCH3 is 1. The number of rotatable bonds is 3. The number of nitrogens with two attached hydrogens (primary N) is 1. The predicted octanol–water partition coefficient (Wildman–Crippen LogP) is 0.768. The van der Waals surface area contributed by atoms with Crippen LogP contribution in [0.3, 0.4) is 0 Å². The van der Waals surface area contributed by atoms with Crippen LogP contribution >= 0.6 is 0 Å². The minimum Gasteiger partial charge on any atom is -0.384 e. The topological polar surface area (TPSA) is 61.0 Å². The van der Waals surface area contributed by atoms with Gasteiger partial charge in [-0.25, -0.2) is 9.97 Å². The van der Waals surface area contributed by atoms with Gasteiger partial charge in [0.2, 0.25) is 0 Å². The third-order valence-corrected chi connectivity index (χ3v) is 1.48. The summed E-state index contributed by atoms with van der Waals surface area (Å²) in [6, 6.07) is 1.78. The molecular formula is C8H13N3O. The molecule has 0 radical (unpaired) electrons. The summed E-state index contributed by atoms with van der Waals surface area (Å²) < 4.78 is 4.90. The monoisotopic (exact) mass is 167 g/mol. The smallest absolute Gasteiger partial charge is 0.156 e. The van der Waals surface area contributed by atoms with Crippen LogP contribution in [0.4, 0.5) is 5.82 Å². The fourth-order valence-electron chi connectivity index (χ4n) is 0.950. The maximum atomic E-state index is 5.56. The number of aromatic nitrogens is 2. The summed E-state index contributed by atoms with van der Waals surface area (Å²) in [6.07, 6.45) is 0.865. The van der Waals surface area contributed by atoms with E-state index in [1.165, 1.54) is 0 Å². The number of anilines is 1. The lowest BCUT2D eigenvalue weighted by atomic mass is 10.3. The highest BCUT2D eigenvalue weighted by atomic mass is 16.5. The fraction of sp³-hybridized carbons (Fsp3) is 0.500. The van der Waals surface area contributed by atoms with Gasteiger partial charge in [0.15, 0.2) is 5.82 Å². The summed E-state index contributed by atoms with van der Waals surface area (Å²) in [5, 5.41) is 0. The molecule has 4 nitrogen and oxygen atoms in total. The molecule has 0 aliphatic carbocycles. The van der Waals surface area contributed by atoms with Crippen molar-refractivity contribution in [3.63, 3.8) is 0 Å². The standard InChI is InChI=1S/C8H13N3O/c1-3-6-4-7(9)11-8(10-6)5-12-2/h4H,3,5H2,1-2H3,(H2,9,10,11). The first-order chi connectivity index (χ1) is 5.76. The molecule has 2 N–H and O–H groups in total. The second kappa shape index (κ2) is 4.01. The molecule has 12 heavy (non-hydrogen) atoms. The number of ether oxygens (including phenoxy) is 1. The van der Waals surface area contributed by atoms with Gasteiger partial charge in [-0.1, -0.05) is 6.92 Å². The first-order valence-corrected chi connectivity index (χ1v) is 3.87. The molecule has 1 aromatic heterocycles. The quantitative estimate of drug-likeness (QED) is 0.722. The van der Waals surface area contributed by atoms with Crippen LogP contribution in [0.5, 0.6) is 0 Å². The van der Waals surface area contributed by atoms with E-state index in [2.05, 4.69) is 9.97 Å². The van der Waals surface area contributed by atoms with Crippen LogP contribution in [0.25, 0.3) is 0 Å². The number of nitrogen functional groups attached to an aromatic ring is 1. The van der Waals surface area contributed by atoms with Crippen molar-refractivity contribution < 1.29 is 4.74 Å². The molecule has 0 spiro atoms. The molecule has 1 rings (SSSR count). The van der Waals surface area contributed by atoms with Crippen molar-refractivity contribution in [2.45, 2.75) is 20.0 Å². The molecule has 0 fully saturated rings.